The van der Waals surface area contributed by atoms with Crippen molar-refractivity contribution in [2.75, 3.05) is 17.3 Å². The van der Waals surface area contributed by atoms with Crippen molar-refractivity contribution in [1.29, 1.82) is 0 Å². The fraction of sp³-hybridized carbons (Fsp3) is 0.667. The smallest absolute Gasteiger partial charge is 0.407 e. The van der Waals surface area contributed by atoms with Crippen LogP contribution in [0, 0.1) is 0 Å². The van der Waals surface area contributed by atoms with Crippen molar-refractivity contribution in [2.45, 2.75) is 6.92 Å². The Kier molecular flexibility index (Phi) is 4.19. The second kappa shape index (κ2) is 4.75. The fourth-order valence-corrected chi connectivity index (χ4v) is 3.55. The van der Waals surface area contributed by atoms with Gasteiger partial charge in [-0.05, 0) is 6.92 Å². The van der Waals surface area contributed by atoms with Gasteiger partial charge in [-0.25, -0.2) is 4.57 Å². The Morgan fingerprint density at radius 2 is 2.15 bits per heavy atom. The van der Waals surface area contributed by atoms with Crippen molar-refractivity contribution in [3.05, 3.63) is 10.7 Å². The van der Waals surface area contributed by atoms with Crippen LogP contribution < -0.4 is 0 Å². The minimum absolute atomic E-state index is 0.417. The molecule has 0 fully saturated rings. The summed E-state index contributed by atoms with van der Waals surface area (Å²) in [6, 6.07) is 0. The third kappa shape index (κ3) is 4.42. The lowest BCUT2D eigenvalue weighted by Gasteiger charge is -2.10. The van der Waals surface area contributed by atoms with Crippen LogP contribution in [0.15, 0.2) is 10.7 Å². The molecule has 0 spiro atoms. The summed E-state index contributed by atoms with van der Waals surface area (Å²) in [6.07, 6.45) is 0. The highest BCUT2D eigenvalue weighted by Crippen LogP contribution is 2.42. The van der Waals surface area contributed by atoms with E-state index in [4.69, 9.17) is 9.79 Å². The average molecular weight is 242 g/mol. The molecule has 0 radical (unpaired) electrons. The number of thioether (sulfide) groups is 2. The van der Waals surface area contributed by atoms with Crippen molar-refractivity contribution in [3.8, 4) is 0 Å². The van der Waals surface area contributed by atoms with Crippen LogP contribution in [0.4, 0.5) is 0 Å². The highest BCUT2D eigenvalue weighted by atomic mass is 32.2. The first-order valence-corrected chi connectivity index (χ1v) is 7.31. The number of phosphoric acid groups is 1. The summed E-state index contributed by atoms with van der Waals surface area (Å²) in [6.45, 7) is 1.82. The van der Waals surface area contributed by atoms with Gasteiger partial charge in [0.1, 0.15) is 5.76 Å². The van der Waals surface area contributed by atoms with E-state index in [2.05, 4.69) is 4.52 Å². The highest BCUT2D eigenvalue weighted by molar-refractivity contribution is 8.05. The molecule has 13 heavy (non-hydrogen) atoms. The Bertz CT molecular complexity index is 259. The Morgan fingerprint density at radius 1 is 1.46 bits per heavy atom. The summed E-state index contributed by atoms with van der Waals surface area (Å²) in [5.41, 5.74) is 0. The van der Waals surface area contributed by atoms with E-state index >= 15 is 0 Å². The standard InChI is InChI=1S/C6H11O4PS2/c1-5-6(10-11(7,8)9)4-12-2-3-13-5/h2-4H2,1H3,(H2,7,8,9). The van der Waals surface area contributed by atoms with Crippen LogP contribution in [0.25, 0.3) is 0 Å². The van der Waals surface area contributed by atoms with E-state index in [1.165, 1.54) is 0 Å². The molecule has 0 atom stereocenters. The molecule has 0 unspecified atom stereocenters. The zero-order chi connectivity index (χ0) is 9.90. The van der Waals surface area contributed by atoms with Gasteiger partial charge in [0.15, 0.2) is 0 Å². The van der Waals surface area contributed by atoms with E-state index in [1.807, 2.05) is 6.92 Å². The molecule has 1 heterocycles. The monoisotopic (exact) mass is 242 g/mol. The van der Waals surface area contributed by atoms with E-state index < -0.39 is 7.82 Å². The molecule has 76 valence electrons. The summed E-state index contributed by atoms with van der Waals surface area (Å²) in [4.78, 5) is 18.1. The van der Waals surface area contributed by atoms with Crippen LogP contribution in [-0.4, -0.2) is 27.0 Å². The molecule has 0 aromatic carbocycles. The Hall–Kier alpha value is 0.390. The van der Waals surface area contributed by atoms with Gasteiger partial charge in [-0.3, -0.25) is 9.79 Å². The van der Waals surface area contributed by atoms with Gasteiger partial charge in [0.25, 0.3) is 0 Å². The molecular formula is C6H11O4PS2. The lowest BCUT2D eigenvalue weighted by atomic mass is 10.5. The normalized spacial score (nSPS) is 19.9. The number of allylic oxidation sites excluding steroid dienone is 1. The third-order valence-electron chi connectivity index (χ3n) is 1.40. The molecule has 0 amide bonds. The number of hydrogen-bond donors (Lipinski definition) is 2. The van der Waals surface area contributed by atoms with E-state index in [9.17, 15) is 4.57 Å². The van der Waals surface area contributed by atoms with Gasteiger partial charge in [-0.15, -0.1) is 11.8 Å². The summed E-state index contributed by atoms with van der Waals surface area (Å²) < 4.78 is 15.2. The number of phosphoric ester groups is 1. The first-order chi connectivity index (χ1) is 5.99. The molecule has 0 aromatic rings. The Morgan fingerprint density at radius 3 is 2.77 bits per heavy atom. The van der Waals surface area contributed by atoms with Crippen LogP contribution in [-0.2, 0) is 9.09 Å². The molecule has 0 aliphatic carbocycles. The molecule has 4 nitrogen and oxygen atoms in total. The third-order valence-corrected chi connectivity index (χ3v) is 4.15. The Labute approximate surface area is 85.4 Å². The maximum absolute atomic E-state index is 10.6. The van der Waals surface area contributed by atoms with Gasteiger partial charge >= 0.3 is 7.82 Å². The first-order valence-electron chi connectivity index (χ1n) is 3.64. The SMILES string of the molecule is CC1=C(OP(=O)(O)O)CSCCS1. The summed E-state index contributed by atoms with van der Waals surface area (Å²) >= 11 is 3.20. The van der Waals surface area contributed by atoms with Gasteiger partial charge in [-0.1, -0.05) is 0 Å². The Balaban J connectivity index is 2.69. The van der Waals surface area contributed by atoms with Crippen molar-refractivity contribution in [1.82, 2.24) is 0 Å². The average Bonchev–Trinajstić information content (AvgIpc) is 2.14. The van der Waals surface area contributed by atoms with Gasteiger partial charge in [0, 0.05) is 16.4 Å². The second-order valence-corrected chi connectivity index (χ2v) is 6.04. The van der Waals surface area contributed by atoms with Crippen LogP contribution in [0.2, 0.25) is 0 Å². The van der Waals surface area contributed by atoms with Crippen molar-refractivity contribution in [2.24, 2.45) is 0 Å². The second-order valence-electron chi connectivity index (χ2n) is 2.46. The van der Waals surface area contributed by atoms with E-state index in [0.29, 0.717) is 11.5 Å². The van der Waals surface area contributed by atoms with Crippen LogP contribution in [0.1, 0.15) is 6.92 Å². The lowest BCUT2D eigenvalue weighted by Crippen LogP contribution is -1.94. The van der Waals surface area contributed by atoms with E-state index in [1.54, 1.807) is 23.5 Å². The van der Waals surface area contributed by atoms with E-state index in [0.717, 1.165) is 16.4 Å². The summed E-state index contributed by atoms with van der Waals surface area (Å²) in [7, 11) is -4.38. The quantitative estimate of drug-likeness (QED) is 0.720. The molecule has 1 rings (SSSR count). The molecule has 1 aliphatic rings. The summed E-state index contributed by atoms with van der Waals surface area (Å²) in [5.74, 6) is 2.91. The van der Waals surface area contributed by atoms with Crippen LogP contribution in [0.3, 0.4) is 0 Å². The molecular weight excluding hydrogens is 231 g/mol. The zero-order valence-corrected chi connectivity index (χ0v) is 9.62. The van der Waals surface area contributed by atoms with Gasteiger partial charge in [0.2, 0.25) is 0 Å². The van der Waals surface area contributed by atoms with E-state index in [-0.39, 0.29) is 0 Å². The summed E-state index contributed by atoms with van der Waals surface area (Å²) in [5, 5.41) is 0. The molecule has 2 N–H and O–H groups in total. The maximum atomic E-state index is 10.6. The highest BCUT2D eigenvalue weighted by Gasteiger charge is 2.20. The molecule has 1 aliphatic heterocycles. The minimum Gasteiger partial charge on any atom is -0.407 e. The predicted molar refractivity (Wildman–Crippen MR) is 55.6 cm³/mol. The van der Waals surface area contributed by atoms with Gasteiger partial charge < -0.3 is 4.52 Å². The molecule has 0 saturated carbocycles. The molecule has 0 saturated heterocycles. The van der Waals surface area contributed by atoms with Crippen molar-refractivity contribution in [3.63, 3.8) is 0 Å². The maximum Gasteiger partial charge on any atom is 0.524 e. The lowest BCUT2D eigenvalue weighted by molar-refractivity contribution is 0.243. The minimum atomic E-state index is -4.38. The van der Waals surface area contributed by atoms with Crippen molar-refractivity contribution >= 4 is 31.3 Å². The van der Waals surface area contributed by atoms with Gasteiger partial charge in [-0.2, -0.15) is 11.8 Å². The number of rotatable bonds is 2. The topological polar surface area (TPSA) is 66.8 Å². The molecule has 0 aromatic heterocycles. The largest absolute Gasteiger partial charge is 0.524 e. The van der Waals surface area contributed by atoms with Crippen molar-refractivity contribution < 1.29 is 18.9 Å². The predicted octanol–water partition coefficient (Wildman–Crippen LogP) is 1.81. The molecule has 0 bridgehead atoms. The fourth-order valence-electron chi connectivity index (χ4n) is 0.835. The molecule has 7 heteroatoms. The number of hydrogen-bond acceptors (Lipinski definition) is 4. The van der Waals surface area contributed by atoms with Crippen LogP contribution in [0.5, 0.6) is 0 Å². The van der Waals surface area contributed by atoms with Gasteiger partial charge in [0.05, 0.1) is 5.75 Å². The first kappa shape index (κ1) is 11.5. The zero-order valence-electron chi connectivity index (χ0n) is 7.10. The van der Waals surface area contributed by atoms with Crippen LogP contribution >= 0.6 is 31.3 Å².